The second kappa shape index (κ2) is 7.75. The van der Waals surface area contributed by atoms with Crippen molar-refractivity contribution in [1.82, 2.24) is 5.32 Å². The van der Waals surface area contributed by atoms with Crippen LogP contribution in [0.2, 0.25) is 0 Å². The predicted octanol–water partition coefficient (Wildman–Crippen LogP) is 4.08. The average Bonchev–Trinajstić information content (AvgIpc) is 2.29. The summed E-state index contributed by atoms with van der Waals surface area (Å²) < 4.78 is 6.64. The summed E-state index contributed by atoms with van der Waals surface area (Å²) in [6.45, 7) is 5.50. The van der Waals surface area contributed by atoms with E-state index < -0.39 is 0 Å². The lowest BCUT2D eigenvalue weighted by Crippen LogP contribution is -2.22. The molecule has 0 amide bonds. The number of halogens is 2. The van der Waals surface area contributed by atoms with Gasteiger partial charge >= 0.3 is 0 Å². The summed E-state index contributed by atoms with van der Waals surface area (Å²) >= 11 is 8.96. The molecule has 0 fully saturated rings. The lowest BCUT2D eigenvalue weighted by molar-refractivity contribution is 0.354. The van der Waals surface area contributed by atoms with Gasteiger partial charge in [0, 0.05) is 23.7 Å². The van der Waals surface area contributed by atoms with Crippen molar-refractivity contribution in [3.05, 3.63) is 39.8 Å². The van der Waals surface area contributed by atoms with Crippen LogP contribution >= 0.6 is 27.5 Å². The Morgan fingerprint density at radius 3 is 2.88 bits per heavy atom. The van der Waals surface area contributed by atoms with Crippen LogP contribution in [0.3, 0.4) is 0 Å². The maximum atomic E-state index is 5.68. The van der Waals surface area contributed by atoms with Gasteiger partial charge in [-0.2, -0.15) is 0 Å². The Balaban J connectivity index is 2.76. The van der Waals surface area contributed by atoms with Gasteiger partial charge in [-0.05, 0) is 28.1 Å². The molecule has 4 heteroatoms. The molecule has 0 aliphatic rings. The number of nitrogens with one attached hydrogen (secondary N) is 1. The van der Waals surface area contributed by atoms with Gasteiger partial charge in [0.1, 0.15) is 12.4 Å². The third-order valence-corrected chi connectivity index (χ3v) is 2.96. The molecule has 0 aromatic heterocycles. The van der Waals surface area contributed by atoms with Gasteiger partial charge in [-0.3, -0.25) is 0 Å². The largest absolute Gasteiger partial charge is 0.488 e. The molecule has 1 aromatic carbocycles. The zero-order valence-electron chi connectivity index (χ0n) is 10.0. The SMILES string of the molecule is CC(C)NCc1cccc(Br)c1OCC=CCl. The normalized spacial score (nSPS) is 11.4. The maximum absolute atomic E-state index is 5.68. The van der Waals surface area contributed by atoms with E-state index in [9.17, 15) is 0 Å². The van der Waals surface area contributed by atoms with E-state index in [0.717, 1.165) is 22.3 Å². The summed E-state index contributed by atoms with van der Waals surface area (Å²) in [5.74, 6) is 0.871. The van der Waals surface area contributed by atoms with Gasteiger partial charge in [0.15, 0.2) is 0 Å². The molecule has 2 nitrogen and oxygen atoms in total. The van der Waals surface area contributed by atoms with Crippen LogP contribution in [0.15, 0.2) is 34.3 Å². The highest BCUT2D eigenvalue weighted by Crippen LogP contribution is 2.29. The molecule has 94 valence electrons. The predicted molar refractivity (Wildman–Crippen MR) is 76.6 cm³/mol. The van der Waals surface area contributed by atoms with Crippen LogP contribution in [0, 0.1) is 0 Å². The van der Waals surface area contributed by atoms with Crippen LogP contribution in [-0.2, 0) is 6.54 Å². The molecule has 0 unspecified atom stereocenters. The molecule has 0 spiro atoms. The number of para-hydroxylation sites is 1. The van der Waals surface area contributed by atoms with E-state index in [4.69, 9.17) is 16.3 Å². The fraction of sp³-hybridized carbons (Fsp3) is 0.385. The quantitative estimate of drug-likeness (QED) is 0.853. The molecule has 1 aromatic rings. The van der Waals surface area contributed by atoms with Gasteiger partial charge in [0.2, 0.25) is 0 Å². The number of ether oxygens (including phenoxy) is 1. The van der Waals surface area contributed by atoms with E-state index in [2.05, 4.69) is 41.2 Å². The first-order valence-electron chi connectivity index (χ1n) is 5.54. The second-order valence-electron chi connectivity index (χ2n) is 3.94. The first kappa shape index (κ1) is 14.6. The van der Waals surface area contributed by atoms with Crippen LogP contribution < -0.4 is 10.1 Å². The van der Waals surface area contributed by atoms with E-state index in [1.165, 1.54) is 5.54 Å². The number of hydrogen-bond donors (Lipinski definition) is 1. The first-order chi connectivity index (χ1) is 8.15. The van der Waals surface area contributed by atoms with Crippen LogP contribution in [0.25, 0.3) is 0 Å². The van der Waals surface area contributed by atoms with E-state index in [1.807, 2.05) is 12.1 Å². The second-order valence-corrected chi connectivity index (χ2v) is 5.04. The van der Waals surface area contributed by atoms with Crippen molar-refractivity contribution in [3.63, 3.8) is 0 Å². The van der Waals surface area contributed by atoms with Gasteiger partial charge in [0.05, 0.1) is 4.47 Å². The third kappa shape index (κ3) is 5.11. The van der Waals surface area contributed by atoms with Gasteiger partial charge in [-0.15, -0.1) is 0 Å². The summed E-state index contributed by atoms with van der Waals surface area (Å²) in [5.41, 5.74) is 2.60. The van der Waals surface area contributed by atoms with E-state index >= 15 is 0 Å². The molecule has 0 saturated carbocycles. The average molecular weight is 319 g/mol. The Labute approximate surface area is 116 Å². The van der Waals surface area contributed by atoms with Crippen molar-refractivity contribution >= 4 is 27.5 Å². The van der Waals surface area contributed by atoms with Crippen LogP contribution in [0.1, 0.15) is 19.4 Å². The van der Waals surface area contributed by atoms with Gasteiger partial charge in [-0.25, -0.2) is 0 Å². The smallest absolute Gasteiger partial charge is 0.138 e. The highest BCUT2D eigenvalue weighted by Gasteiger charge is 2.07. The molecular weight excluding hydrogens is 302 g/mol. The molecule has 17 heavy (non-hydrogen) atoms. The molecule has 0 heterocycles. The zero-order chi connectivity index (χ0) is 12.7. The molecule has 0 aliphatic heterocycles. The maximum Gasteiger partial charge on any atom is 0.138 e. The Hall–Kier alpha value is -0.510. The topological polar surface area (TPSA) is 21.3 Å². The van der Waals surface area contributed by atoms with Crippen molar-refractivity contribution < 1.29 is 4.74 Å². The van der Waals surface area contributed by atoms with E-state index in [1.54, 1.807) is 6.08 Å². The van der Waals surface area contributed by atoms with Crippen molar-refractivity contribution in [2.24, 2.45) is 0 Å². The molecular formula is C13H17BrClNO. The molecule has 0 atom stereocenters. The molecule has 0 aliphatic carbocycles. The lowest BCUT2D eigenvalue weighted by Gasteiger charge is -2.14. The first-order valence-corrected chi connectivity index (χ1v) is 6.77. The van der Waals surface area contributed by atoms with Crippen molar-refractivity contribution in [3.8, 4) is 5.75 Å². The minimum Gasteiger partial charge on any atom is -0.488 e. The molecule has 0 saturated heterocycles. The Morgan fingerprint density at radius 1 is 1.47 bits per heavy atom. The number of benzene rings is 1. The summed E-state index contributed by atoms with van der Waals surface area (Å²) in [4.78, 5) is 0. The Bertz CT molecular complexity index is 380. The van der Waals surface area contributed by atoms with Crippen LogP contribution in [0.4, 0.5) is 0 Å². The van der Waals surface area contributed by atoms with Crippen LogP contribution in [-0.4, -0.2) is 12.6 Å². The molecule has 0 radical (unpaired) electrons. The third-order valence-electron chi connectivity index (χ3n) is 2.16. The van der Waals surface area contributed by atoms with E-state index in [-0.39, 0.29) is 0 Å². The summed E-state index contributed by atoms with van der Waals surface area (Å²) in [6.07, 6.45) is 1.76. The number of hydrogen-bond acceptors (Lipinski definition) is 2. The standard InChI is InChI=1S/C13H17BrClNO/c1-10(2)16-9-11-5-3-6-12(14)13(11)17-8-4-7-15/h3-7,10,16H,8-9H2,1-2H3. The van der Waals surface area contributed by atoms with E-state index in [0.29, 0.717) is 12.6 Å². The fourth-order valence-corrected chi connectivity index (χ4v) is 1.93. The van der Waals surface area contributed by atoms with Crippen molar-refractivity contribution in [2.45, 2.75) is 26.4 Å². The zero-order valence-corrected chi connectivity index (χ0v) is 12.4. The fourth-order valence-electron chi connectivity index (χ4n) is 1.34. The minimum absolute atomic E-state index is 0.449. The van der Waals surface area contributed by atoms with Crippen LogP contribution in [0.5, 0.6) is 5.75 Å². The number of rotatable bonds is 6. The highest BCUT2D eigenvalue weighted by atomic mass is 79.9. The summed E-state index contributed by atoms with van der Waals surface area (Å²) in [6, 6.07) is 6.48. The monoisotopic (exact) mass is 317 g/mol. The van der Waals surface area contributed by atoms with Gasteiger partial charge in [-0.1, -0.05) is 37.6 Å². The van der Waals surface area contributed by atoms with Gasteiger partial charge < -0.3 is 10.1 Å². The Morgan fingerprint density at radius 2 is 2.24 bits per heavy atom. The van der Waals surface area contributed by atoms with Crippen molar-refractivity contribution in [1.29, 1.82) is 0 Å². The lowest BCUT2D eigenvalue weighted by atomic mass is 10.2. The molecule has 1 rings (SSSR count). The molecule has 0 bridgehead atoms. The Kier molecular flexibility index (Phi) is 6.63. The highest BCUT2D eigenvalue weighted by molar-refractivity contribution is 9.10. The molecule has 1 N–H and O–H groups in total. The van der Waals surface area contributed by atoms with Gasteiger partial charge in [0.25, 0.3) is 0 Å². The minimum atomic E-state index is 0.449. The van der Waals surface area contributed by atoms with Crippen molar-refractivity contribution in [2.75, 3.05) is 6.61 Å². The summed E-state index contributed by atoms with van der Waals surface area (Å²) in [5, 5.41) is 3.37. The summed E-state index contributed by atoms with van der Waals surface area (Å²) in [7, 11) is 0.